The summed E-state index contributed by atoms with van der Waals surface area (Å²) in [6.45, 7) is 16.6. The standard InChI is InChI=1S/C39H36N4/c1-7-11-13-28(9-3)30-21-34-32-19-26(5)15-17-36(32)42(38(34)40-23-30)25-43-37-18-16-27(6)20-33(37)35-22-31(24-41-39(35)43)29(10-4)14-12-8-2/h7-24H,1-2,25H2,3-6H3/b13-11-,14-12-,28-9+,29-10+. The lowest BCUT2D eigenvalue weighted by atomic mass is 10.0. The molecule has 4 heteroatoms. The molecule has 6 rings (SSSR count). The van der Waals surface area contributed by atoms with E-state index in [0.717, 1.165) is 55.4 Å². The number of aromatic nitrogens is 4. The van der Waals surface area contributed by atoms with Crippen LogP contribution in [0.25, 0.3) is 55.0 Å². The zero-order valence-corrected chi connectivity index (χ0v) is 25.3. The molecule has 0 aliphatic rings. The van der Waals surface area contributed by atoms with Gasteiger partial charge in [-0.05, 0) is 75.2 Å². The van der Waals surface area contributed by atoms with Crippen molar-refractivity contribution < 1.29 is 0 Å². The first kappa shape index (κ1) is 27.9. The third-order valence-electron chi connectivity index (χ3n) is 8.11. The van der Waals surface area contributed by atoms with E-state index in [1.807, 2.05) is 24.5 Å². The summed E-state index contributed by atoms with van der Waals surface area (Å²) in [7, 11) is 0. The largest absolute Gasteiger partial charge is 0.307 e. The quantitative estimate of drug-likeness (QED) is 0.174. The molecule has 0 bridgehead atoms. The van der Waals surface area contributed by atoms with Crippen LogP contribution >= 0.6 is 0 Å². The molecule has 4 aromatic heterocycles. The maximum atomic E-state index is 5.06. The molecule has 0 aliphatic heterocycles. The molecular weight excluding hydrogens is 524 g/mol. The summed E-state index contributed by atoms with van der Waals surface area (Å²) in [5.74, 6) is 0. The summed E-state index contributed by atoms with van der Waals surface area (Å²) >= 11 is 0. The molecule has 4 nitrogen and oxygen atoms in total. The molecule has 2 aromatic carbocycles. The Morgan fingerprint density at radius 2 is 1.09 bits per heavy atom. The van der Waals surface area contributed by atoms with Crippen LogP contribution in [0.4, 0.5) is 0 Å². The van der Waals surface area contributed by atoms with E-state index in [-0.39, 0.29) is 0 Å². The van der Waals surface area contributed by atoms with Crippen molar-refractivity contribution in [3.63, 3.8) is 0 Å². The van der Waals surface area contributed by atoms with Crippen molar-refractivity contribution in [1.29, 1.82) is 0 Å². The number of hydrogen-bond donors (Lipinski definition) is 0. The van der Waals surface area contributed by atoms with Gasteiger partial charge in [-0.2, -0.15) is 0 Å². The van der Waals surface area contributed by atoms with Gasteiger partial charge < -0.3 is 9.13 Å². The molecule has 0 N–H and O–H groups in total. The molecule has 0 radical (unpaired) electrons. The van der Waals surface area contributed by atoms with E-state index in [4.69, 9.17) is 9.97 Å². The minimum Gasteiger partial charge on any atom is -0.307 e. The topological polar surface area (TPSA) is 35.6 Å². The first-order valence-electron chi connectivity index (χ1n) is 14.7. The summed E-state index contributed by atoms with van der Waals surface area (Å²) in [6.07, 6.45) is 19.8. The molecule has 0 saturated carbocycles. The van der Waals surface area contributed by atoms with Crippen LogP contribution in [0.15, 0.2) is 123 Å². The molecule has 0 amide bonds. The summed E-state index contributed by atoms with van der Waals surface area (Å²) in [5.41, 5.74) is 11.1. The third-order valence-corrected chi connectivity index (χ3v) is 8.11. The minimum absolute atomic E-state index is 0.588. The molecule has 0 spiro atoms. The van der Waals surface area contributed by atoms with Gasteiger partial charge in [-0.15, -0.1) is 0 Å². The fourth-order valence-corrected chi connectivity index (χ4v) is 5.98. The zero-order valence-electron chi connectivity index (χ0n) is 25.3. The van der Waals surface area contributed by atoms with Crippen LogP contribution in [0.1, 0.15) is 36.1 Å². The summed E-state index contributed by atoms with van der Waals surface area (Å²) < 4.78 is 4.64. The van der Waals surface area contributed by atoms with E-state index in [1.165, 1.54) is 21.9 Å². The Labute approximate surface area is 253 Å². The highest BCUT2D eigenvalue weighted by atomic mass is 15.2. The number of allylic oxidation sites excluding steroid dienone is 10. The van der Waals surface area contributed by atoms with E-state index >= 15 is 0 Å². The predicted octanol–water partition coefficient (Wildman–Crippen LogP) is 10.1. The Bertz CT molecular complexity index is 2020. The van der Waals surface area contributed by atoms with Crippen molar-refractivity contribution in [3.05, 3.63) is 145 Å². The maximum Gasteiger partial charge on any atom is 0.142 e. The van der Waals surface area contributed by atoms with Gasteiger partial charge in [-0.3, -0.25) is 0 Å². The van der Waals surface area contributed by atoms with Crippen molar-refractivity contribution in [1.82, 2.24) is 19.1 Å². The molecule has 212 valence electrons. The highest BCUT2D eigenvalue weighted by Crippen LogP contribution is 2.35. The summed E-state index contributed by atoms with van der Waals surface area (Å²) in [5, 5.41) is 4.68. The van der Waals surface area contributed by atoms with E-state index in [0.29, 0.717) is 6.67 Å². The second-order valence-electron chi connectivity index (χ2n) is 10.9. The first-order chi connectivity index (χ1) is 21.0. The Kier molecular flexibility index (Phi) is 7.52. The van der Waals surface area contributed by atoms with E-state index < -0.39 is 0 Å². The lowest BCUT2D eigenvalue weighted by Gasteiger charge is -2.12. The summed E-state index contributed by atoms with van der Waals surface area (Å²) in [6, 6.07) is 17.8. The Morgan fingerprint density at radius 1 is 0.651 bits per heavy atom. The highest BCUT2D eigenvalue weighted by Gasteiger charge is 2.18. The molecule has 43 heavy (non-hydrogen) atoms. The second kappa shape index (κ2) is 11.6. The first-order valence-corrected chi connectivity index (χ1v) is 14.7. The molecule has 0 unspecified atom stereocenters. The molecule has 0 aliphatic carbocycles. The fourth-order valence-electron chi connectivity index (χ4n) is 5.98. The highest BCUT2D eigenvalue weighted by molar-refractivity contribution is 6.09. The SMILES string of the molecule is C=C/C=C\C(=C/C)c1cnc2c(c1)c1cc(C)ccc1n2Cn1c2ccc(C)cc2c2cc(C(/C=C\C=C)=C/C)cnc21. The average Bonchev–Trinajstić information content (AvgIpc) is 3.49. The Morgan fingerprint density at radius 3 is 1.49 bits per heavy atom. The smallest absolute Gasteiger partial charge is 0.142 e. The van der Waals surface area contributed by atoms with Gasteiger partial charge in [-0.1, -0.05) is 85.0 Å². The lowest BCUT2D eigenvalue weighted by Crippen LogP contribution is -2.09. The number of benzene rings is 2. The van der Waals surface area contributed by atoms with E-state index in [1.54, 1.807) is 12.2 Å². The van der Waals surface area contributed by atoms with Gasteiger partial charge in [0.05, 0.1) is 11.0 Å². The minimum atomic E-state index is 0.588. The number of nitrogens with zero attached hydrogens (tertiary/aromatic N) is 4. The molecule has 0 saturated heterocycles. The summed E-state index contributed by atoms with van der Waals surface area (Å²) in [4.78, 5) is 10.1. The molecular formula is C39H36N4. The maximum absolute atomic E-state index is 5.06. The van der Waals surface area contributed by atoms with Crippen molar-refractivity contribution in [3.8, 4) is 0 Å². The molecule has 4 heterocycles. The second-order valence-corrected chi connectivity index (χ2v) is 10.9. The van der Waals surface area contributed by atoms with Gasteiger partial charge in [0.1, 0.15) is 18.0 Å². The van der Waals surface area contributed by atoms with Crippen LogP contribution < -0.4 is 0 Å². The van der Waals surface area contributed by atoms with Gasteiger partial charge in [0.2, 0.25) is 0 Å². The molecule has 6 aromatic rings. The van der Waals surface area contributed by atoms with Gasteiger partial charge in [0, 0.05) is 45.1 Å². The lowest BCUT2D eigenvalue weighted by molar-refractivity contribution is 0.672. The van der Waals surface area contributed by atoms with E-state index in [9.17, 15) is 0 Å². The van der Waals surface area contributed by atoms with Gasteiger partial charge in [0.15, 0.2) is 0 Å². The van der Waals surface area contributed by atoms with Gasteiger partial charge >= 0.3 is 0 Å². The number of fused-ring (bicyclic) bond motifs is 6. The predicted molar refractivity (Wildman–Crippen MR) is 185 cm³/mol. The number of rotatable bonds is 8. The van der Waals surface area contributed by atoms with Crippen LogP contribution in [-0.4, -0.2) is 19.1 Å². The van der Waals surface area contributed by atoms with Gasteiger partial charge in [-0.25, -0.2) is 9.97 Å². The van der Waals surface area contributed by atoms with Crippen molar-refractivity contribution in [2.75, 3.05) is 0 Å². The van der Waals surface area contributed by atoms with Crippen molar-refractivity contribution in [2.45, 2.75) is 34.4 Å². The van der Waals surface area contributed by atoms with Crippen molar-refractivity contribution in [2.24, 2.45) is 0 Å². The van der Waals surface area contributed by atoms with Crippen LogP contribution in [0.2, 0.25) is 0 Å². The number of hydrogen-bond acceptors (Lipinski definition) is 2. The number of pyridine rings is 2. The van der Waals surface area contributed by atoms with Crippen LogP contribution in [0, 0.1) is 13.8 Å². The molecule has 0 atom stereocenters. The van der Waals surface area contributed by atoms with Gasteiger partial charge in [0.25, 0.3) is 0 Å². The number of aryl methyl sites for hydroxylation is 2. The Hall–Kier alpha value is -5.22. The fraction of sp³-hybridized carbons (Fsp3) is 0.128. The zero-order chi connectivity index (χ0) is 30.1. The van der Waals surface area contributed by atoms with Crippen LogP contribution in [-0.2, 0) is 6.67 Å². The molecule has 0 fully saturated rings. The van der Waals surface area contributed by atoms with E-state index in [2.05, 4.69) is 123 Å². The van der Waals surface area contributed by atoms with Crippen molar-refractivity contribution >= 4 is 55.0 Å². The average molecular weight is 561 g/mol. The van der Waals surface area contributed by atoms with Crippen LogP contribution in [0.5, 0.6) is 0 Å². The Balaban J connectivity index is 1.58. The normalized spacial score (nSPS) is 13.0. The third kappa shape index (κ3) is 4.95. The monoisotopic (exact) mass is 560 g/mol. The van der Waals surface area contributed by atoms with Crippen LogP contribution in [0.3, 0.4) is 0 Å².